The highest BCUT2D eigenvalue weighted by molar-refractivity contribution is 7.16. The van der Waals surface area contributed by atoms with Gasteiger partial charge in [0.1, 0.15) is 10.5 Å². The van der Waals surface area contributed by atoms with E-state index in [-0.39, 0.29) is 33.0 Å². The number of nitrogens with one attached hydrogen (secondary N) is 2. The summed E-state index contributed by atoms with van der Waals surface area (Å²) in [6, 6.07) is 1.20. The van der Waals surface area contributed by atoms with Gasteiger partial charge in [0.2, 0.25) is 5.91 Å². The van der Waals surface area contributed by atoms with Crippen molar-refractivity contribution in [2.75, 3.05) is 50.9 Å². The summed E-state index contributed by atoms with van der Waals surface area (Å²) in [5, 5.41) is 6.18. The molecular weight excluding hydrogens is 535 g/mol. The van der Waals surface area contributed by atoms with Crippen molar-refractivity contribution in [3.8, 4) is 0 Å². The van der Waals surface area contributed by atoms with Gasteiger partial charge in [0.15, 0.2) is 0 Å². The summed E-state index contributed by atoms with van der Waals surface area (Å²) in [6.45, 7) is 11.8. The molecule has 0 bridgehead atoms. The summed E-state index contributed by atoms with van der Waals surface area (Å²) in [5.41, 5.74) is -0.746. The summed E-state index contributed by atoms with van der Waals surface area (Å²) in [6.07, 6.45) is 2.75. The van der Waals surface area contributed by atoms with E-state index in [2.05, 4.69) is 15.6 Å². The van der Waals surface area contributed by atoms with Crippen molar-refractivity contribution >= 4 is 63.1 Å². The molecule has 202 valence electrons. The number of amides is 4. The molecule has 0 saturated carbocycles. The van der Waals surface area contributed by atoms with E-state index in [0.717, 1.165) is 11.4 Å². The van der Waals surface area contributed by atoms with Crippen molar-refractivity contribution in [1.82, 2.24) is 19.7 Å². The first-order chi connectivity index (χ1) is 17.1. The van der Waals surface area contributed by atoms with Crippen LogP contribution >= 0.6 is 34.5 Å². The largest absolute Gasteiger partial charge is 0.338 e. The Hall–Kier alpha value is -2.40. The number of anilines is 2. The number of aromatic nitrogens is 1. The van der Waals surface area contributed by atoms with Crippen LogP contribution < -0.4 is 10.6 Å². The standard InChI is InChI=1S/C25H34Cl2N6O3S/c1-24(2,3)18-12-15(20(37-18)30-23(36)29-19-16(26)13-28-14-17(19)27)21(34)33-11-10-32(9-8-31(6)7)22(35)25(33,4)5/h12-14H,8-11H2,1-7H3,(H2,28,29,30,36). The zero-order valence-corrected chi connectivity index (χ0v) is 24.6. The van der Waals surface area contributed by atoms with Crippen molar-refractivity contribution in [3.63, 3.8) is 0 Å². The van der Waals surface area contributed by atoms with Gasteiger partial charge in [-0.3, -0.25) is 19.9 Å². The van der Waals surface area contributed by atoms with Crippen molar-refractivity contribution in [3.05, 3.63) is 38.9 Å². The second-order valence-electron chi connectivity index (χ2n) is 10.8. The number of nitrogens with zero attached hydrogens (tertiary/aromatic N) is 4. The minimum atomic E-state index is -1.04. The molecule has 1 aliphatic rings. The van der Waals surface area contributed by atoms with Crippen LogP contribution in [0.3, 0.4) is 0 Å². The van der Waals surface area contributed by atoms with Crippen molar-refractivity contribution in [2.45, 2.75) is 45.6 Å². The molecule has 0 atom stereocenters. The fraction of sp³-hybridized carbons (Fsp3) is 0.520. The minimum absolute atomic E-state index is 0.102. The molecule has 3 heterocycles. The highest BCUT2D eigenvalue weighted by Crippen LogP contribution is 2.38. The van der Waals surface area contributed by atoms with Crippen molar-refractivity contribution in [1.29, 1.82) is 0 Å². The third-order valence-corrected chi connectivity index (χ3v) is 8.21. The first-order valence-corrected chi connectivity index (χ1v) is 13.5. The van der Waals surface area contributed by atoms with E-state index in [1.54, 1.807) is 29.7 Å². The van der Waals surface area contributed by atoms with Gasteiger partial charge in [-0.05, 0) is 39.4 Å². The second kappa shape index (κ2) is 11.1. The average Bonchev–Trinajstić information content (AvgIpc) is 3.21. The lowest BCUT2D eigenvalue weighted by Crippen LogP contribution is -2.65. The zero-order valence-electron chi connectivity index (χ0n) is 22.2. The fourth-order valence-corrected chi connectivity index (χ4v) is 5.49. The van der Waals surface area contributed by atoms with Crippen LogP contribution in [-0.2, 0) is 10.2 Å². The van der Waals surface area contributed by atoms with E-state index >= 15 is 0 Å². The maximum atomic E-state index is 13.9. The normalized spacial score (nSPS) is 15.8. The summed E-state index contributed by atoms with van der Waals surface area (Å²) in [7, 11) is 3.92. The van der Waals surface area contributed by atoms with E-state index in [9.17, 15) is 14.4 Å². The van der Waals surface area contributed by atoms with E-state index in [1.807, 2.05) is 39.8 Å². The number of piperazine rings is 1. The summed E-state index contributed by atoms with van der Waals surface area (Å²) < 4.78 is 0. The summed E-state index contributed by atoms with van der Waals surface area (Å²) >= 11 is 13.6. The Morgan fingerprint density at radius 2 is 1.76 bits per heavy atom. The zero-order chi connectivity index (χ0) is 27.7. The molecule has 12 heteroatoms. The Kier molecular flexibility index (Phi) is 8.78. The Morgan fingerprint density at radius 1 is 1.14 bits per heavy atom. The monoisotopic (exact) mass is 568 g/mol. The smallest absolute Gasteiger partial charge is 0.324 e. The first-order valence-electron chi connectivity index (χ1n) is 11.9. The minimum Gasteiger partial charge on any atom is -0.338 e. The first kappa shape index (κ1) is 29.2. The van der Waals surface area contributed by atoms with Crippen LogP contribution in [-0.4, -0.2) is 83.3 Å². The number of pyridine rings is 1. The molecule has 1 fully saturated rings. The van der Waals surface area contributed by atoms with Gasteiger partial charge < -0.3 is 20.0 Å². The molecule has 0 aliphatic carbocycles. The number of thiophene rings is 1. The number of urea groups is 1. The van der Waals surface area contributed by atoms with Crippen molar-refractivity contribution < 1.29 is 14.4 Å². The van der Waals surface area contributed by atoms with Gasteiger partial charge >= 0.3 is 6.03 Å². The molecule has 0 radical (unpaired) electrons. The van der Waals surface area contributed by atoms with Crippen LogP contribution in [0.1, 0.15) is 49.9 Å². The quantitative estimate of drug-likeness (QED) is 0.510. The Bertz CT molecular complexity index is 1170. The van der Waals surface area contributed by atoms with Crippen LogP contribution in [0.25, 0.3) is 0 Å². The molecule has 2 aromatic rings. The molecule has 0 spiro atoms. The molecule has 37 heavy (non-hydrogen) atoms. The lowest BCUT2D eigenvalue weighted by molar-refractivity contribution is -0.146. The molecule has 0 aromatic carbocycles. The van der Waals surface area contributed by atoms with Crippen LogP contribution in [0.2, 0.25) is 10.0 Å². The predicted molar refractivity (Wildman–Crippen MR) is 150 cm³/mol. The summed E-state index contributed by atoms with van der Waals surface area (Å²) in [5.74, 6) is -0.415. The third kappa shape index (κ3) is 6.54. The Balaban J connectivity index is 1.88. The topological polar surface area (TPSA) is 97.9 Å². The maximum absolute atomic E-state index is 13.9. The molecule has 4 amide bonds. The second-order valence-corrected chi connectivity index (χ2v) is 12.6. The summed E-state index contributed by atoms with van der Waals surface area (Å²) in [4.78, 5) is 50.3. The Labute approximate surface area is 232 Å². The highest BCUT2D eigenvalue weighted by atomic mass is 35.5. The third-order valence-electron chi connectivity index (χ3n) is 6.16. The van der Waals surface area contributed by atoms with Gasteiger partial charge in [-0.2, -0.15) is 0 Å². The van der Waals surface area contributed by atoms with E-state index < -0.39 is 11.6 Å². The fourth-order valence-electron chi connectivity index (χ4n) is 3.93. The number of halogens is 2. The van der Waals surface area contributed by atoms with Crippen LogP contribution in [0.15, 0.2) is 18.5 Å². The van der Waals surface area contributed by atoms with E-state index in [0.29, 0.717) is 30.2 Å². The van der Waals surface area contributed by atoms with Gasteiger partial charge in [-0.1, -0.05) is 44.0 Å². The van der Waals surface area contributed by atoms with Crippen LogP contribution in [0, 0.1) is 0 Å². The predicted octanol–water partition coefficient (Wildman–Crippen LogP) is 5.02. The Morgan fingerprint density at radius 3 is 2.32 bits per heavy atom. The number of hydrogen-bond donors (Lipinski definition) is 2. The molecule has 9 nitrogen and oxygen atoms in total. The van der Waals surface area contributed by atoms with Gasteiger partial charge in [0, 0.05) is 43.4 Å². The molecule has 3 rings (SSSR count). The number of carbonyl (C=O) groups is 3. The van der Waals surface area contributed by atoms with Gasteiger partial charge in [-0.25, -0.2) is 4.79 Å². The number of carbonyl (C=O) groups excluding carboxylic acids is 3. The molecule has 2 aromatic heterocycles. The molecule has 1 aliphatic heterocycles. The molecule has 2 N–H and O–H groups in total. The highest BCUT2D eigenvalue weighted by Gasteiger charge is 2.45. The average molecular weight is 570 g/mol. The molecule has 0 unspecified atom stereocenters. The van der Waals surface area contributed by atoms with Gasteiger partial charge in [-0.15, -0.1) is 11.3 Å². The van der Waals surface area contributed by atoms with Crippen LogP contribution in [0.4, 0.5) is 15.5 Å². The van der Waals surface area contributed by atoms with Crippen molar-refractivity contribution in [2.24, 2.45) is 0 Å². The SMILES string of the molecule is CN(C)CCN1CCN(C(=O)c2cc(C(C)(C)C)sc2NC(=O)Nc2c(Cl)cncc2Cl)C(C)(C)C1=O. The van der Waals surface area contributed by atoms with Gasteiger partial charge in [0.25, 0.3) is 5.91 Å². The van der Waals surface area contributed by atoms with E-state index in [1.165, 1.54) is 23.7 Å². The number of rotatable bonds is 6. The number of hydrogen-bond acceptors (Lipinski definition) is 6. The molecule has 1 saturated heterocycles. The molecular formula is C25H34Cl2N6O3S. The lowest BCUT2D eigenvalue weighted by Gasteiger charge is -2.46. The maximum Gasteiger partial charge on any atom is 0.324 e. The number of likely N-dealkylation sites (N-methyl/N-ethyl adjacent to an activating group) is 1. The van der Waals surface area contributed by atoms with E-state index in [4.69, 9.17) is 23.2 Å². The van der Waals surface area contributed by atoms with Gasteiger partial charge in [0.05, 0.1) is 21.3 Å². The lowest BCUT2D eigenvalue weighted by atomic mass is 9.93. The van der Waals surface area contributed by atoms with Crippen LogP contribution in [0.5, 0.6) is 0 Å².